The Bertz CT molecular complexity index is 656. The summed E-state index contributed by atoms with van der Waals surface area (Å²) in [5, 5.41) is 0. The second-order valence-corrected chi connectivity index (χ2v) is 5.36. The lowest BCUT2D eigenvalue weighted by atomic mass is 10.1. The molecule has 0 saturated carbocycles. The molecule has 0 radical (unpaired) electrons. The van der Waals surface area contributed by atoms with Crippen LogP contribution in [0.3, 0.4) is 0 Å². The molecule has 22 heavy (non-hydrogen) atoms. The van der Waals surface area contributed by atoms with Crippen LogP contribution in [-0.4, -0.2) is 46.2 Å². The van der Waals surface area contributed by atoms with Crippen molar-refractivity contribution in [2.75, 3.05) is 19.7 Å². The summed E-state index contributed by atoms with van der Waals surface area (Å²) < 4.78 is 43.6. The Labute approximate surface area is 123 Å². The van der Waals surface area contributed by atoms with E-state index in [2.05, 4.69) is 4.98 Å². The van der Waals surface area contributed by atoms with Crippen LogP contribution < -0.4 is 5.56 Å². The van der Waals surface area contributed by atoms with Crippen LogP contribution in [-0.2, 0) is 22.6 Å². The monoisotopic (exact) mass is 317 g/mol. The highest BCUT2D eigenvalue weighted by Gasteiger charge is 2.40. The summed E-state index contributed by atoms with van der Waals surface area (Å²) in [6.07, 6.45) is -2.51. The van der Waals surface area contributed by atoms with Gasteiger partial charge in [0.1, 0.15) is 12.6 Å². The standard InChI is InChI=1S/C13H14F3N3O3/c14-13(15,16)6-18-3-1-10(12(18)21)19-7-17-9-2-4-22-5-8(9)11(19)20/h7,10H,1-6H2. The van der Waals surface area contributed by atoms with Crippen molar-refractivity contribution in [3.8, 4) is 0 Å². The van der Waals surface area contributed by atoms with Gasteiger partial charge in [0, 0.05) is 13.0 Å². The van der Waals surface area contributed by atoms with E-state index >= 15 is 0 Å². The molecule has 3 heterocycles. The zero-order valence-corrected chi connectivity index (χ0v) is 11.6. The van der Waals surface area contributed by atoms with Crippen molar-refractivity contribution in [3.05, 3.63) is 27.9 Å². The zero-order chi connectivity index (χ0) is 15.9. The van der Waals surface area contributed by atoms with E-state index in [0.717, 1.165) is 9.47 Å². The third kappa shape index (κ3) is 2.72. The Morgan fingerprint density at radius 2 is 2.14 bits per heavy atom. The Kier molecular flexibility index (Phi) is 3.67. The van der Waals surface area contributed by atoms with Crippen molar-refractivity contribution in [2.45, 2.75) is 31.7 Å². The van der Waals surface area contributed by atoms with Crippen LogP contribution in [0.2, 0.25) is 0 Å². The van der Waals surface area contributed by atoms with Crippen molar-refractivity contribution in [1.82, 2.24) is 14.5 Å². The number of alkyl halides is 3. The van der Waals surface area contributed by atoms with Gasteiger partial charge in [0.25, 0.3) is 5.56 Å². The average Bonchev–Trinajstić information content (AvgIpc) is 2.79. The smallest absolute Gasteiger partial charge is 0.376 e. The Balaban J connectivity index is 1.87. The van der Waals surface area contributed by atoms with E-state index in [1.165, 1.54) is 6.33 Å². The maximum absolute atomic E-state index is 12.4. The lowest BCUT2D eigenvalue weighted by molar-refractivity contribution is -0.158. The Morgan fingerprint density at radius 1 is 1.36 bits per heavy atom. The number of fused-ring (bicyclic) bond motifs is 1. The third-order valence-electron chi connectivity index (χ3n) is 3.88. The molecule has 0 N–H and O–H groups in total. The summed E-state index contributed by atoms with van der Waals surface area (Å²) in [7, 11) is 0. The molecule has 6 nitrogen and oxygen atoms in total. The lowest BCUT2D eigenvalue weighted by Crippen LogP contribution is -2.39. The molecule has 2 aliphatic heterocycles. The molecule has 0 aromatic carbocycles. The van der Waals surface area contributed by atoms with E-state index in [0.29, 0.717) is 24.3 Å². The number of carbonyl (C=O) groups is 1. The highest BCUT2D eigenvalue weighted by Crippen LogP contribution is 2.26. The Morgan fingerprint density at radius 3 is 2.86 bits per heavy atom. The number of ether oxygens (including phenoxy) is 1. The molecule has 0 aliphatic carbocycles. The fourth-order valence-corrected chi connectivity index (χ4v) is 2.82. The molecule has 1 aromatic rings. The van der Waals surface area contributed by atoms with E-state index in [-0.39, 0.29) is 19.6 Å². The molecule has 1 unspecified atom stereocenters. The minimum atomic E-state index is -4.45. The first kappa shape index (κ1) is 15.0. The first-order valence-corrected chi connectivity index (χ1v) is 6.89. The predicted molar refractivity (Wildman–Crippen MR) is 68.1 cm³/mol. The maximum Gasteiger partial charge on any atom is 0.406 e. The van der Waals surface area contributed by atoms with Gasteiger partial charge in [-0.3, -0.25) is 14.2 Å². The number of hydrogen-bond acceptors (Lipinski definition) is 4. The number of hydrogen-bond donors (Lipinski definition) is 0. The van der Waals surface area contributed by atoms with Crippen LogP contribution in [0.5, 0.6) is 0 Å². The summed E-state index contributed by atoms with van der Waals surface area (Å²) in [5.41, 5.74) is 0.609. The number of amides is 1. The molecule has 120 valence electrons. The van der Waals surface area contributed by atoms with E-state index in [9.17, 15) is 22.8 Å². The lowest BCUT2D eigenvalue weighted by Gasteiger charge is -2.20. The fraction of sp³-hybridized carbons (Fsp3) is 0.615. The number of halogens is 3. The molecule has 1 fully saturated rings. The van der Waals surface area contributed by atoms with Crippen molar-refractivity contribution in [1.29, 1.82) is 0 Å². The van der Waals surface area contributed by atoms with E-state index in [1.54, 1.807) is 0 Å². The van der Waals surface area contributed by atoms with Gasteiger partial charge in [-0.2, -0.15) is 13.2 Å². The summed E-state index contributed by atoms with van der Waals surface area (Å²) in [6.45, 7) is -0.720. The van der Waals surface area contributed by atoms with Crippen molar-refractivity contribution in [2.24, 2.45) is 0 Å². The molecule has 1 aromatic heterocycles. The highest BCUT2D eigenvalue weighted by molar-refractivity contribution is 5.82. The molecule has 1 amide bonds. The summed E-state index contributed by atoms with van der Waals surface area (Å²) in [6, 6.07) is -0.922. The van der Waals surface area contributed by atoms with Gasteiger partial charge in [-0.15, -0.1) is 0 Å². The molecule has 0 spiro atoms. The summed E-state index contributed by atoms with van der Waals surface area (Å²) >= 11 is 0. The largest absolute Gasteiger partial charge is 0.406 e. The first-order valence-electron chi connectivity index (χ1n) is 6.89. The Hall–Kier alpha value is -1.90. The normalized spacial score (nSPS) is 22.0. The number of likely N-dealkylation sites (tertiary alicyclic amines) is 1. The molecule has 9 heteroatoms. The van der Waals surface area contributed by atoms with Crippen LogP contribution in [0, 0.1) is 0 Å². The zero-order valence-electron chi connectivity index (χ0n) is 11.6. The molecule has 0 bridgehead atoms. The van der Waals surface area contributed by atoms with Gasteiger partial charge in [-0.05, 0) is 6.42 Å². The van der Waals surface area contributed by atoms with E-state index < -0.39 is 30.2 Å². The third-order valence-corrected chi connectivity index (χ3v) is 3.88. The van der Waals surface area contributed by atoms with Crippen LogP contribution in [0.25, 0.3) is 0 Å². The van der Waals surface area contributed by atoms with Crippen LogP contribution in [0.1, 0.15) is 23.7 Å². The van der Waals surface area contributed by atoms with Crippen molar-refractivity contribution in [3.63, 3.8) is 0 Å². The average molecular weight is 317 g/mol. The van der Waals surface area contributed by atoms with Crippen LogP contribution in [0.15, 0.2) is 11.1 Å². The van der Waals surface area contributed by atoms with Gasteiger partial charge >= 0.3 is 6.18 Å². The fourth-order valence-electron chi connectivity index (χ4n) is 2.82. The molecule has 2 aliphatic rings. The second kappa shape index (κ2) is 5.38. The topological polar surface area (TPSA) is 64.4 Å². The van der Waals surface area contributed by atoms with Gasteiger partial charge in [0.05, 0.1) is 30.8 Å². The van der Waals surface area contributed by atoms with Gasteiger partial charge in [-0.1, -0.05) is 0 Å². The first-order chi connectivity index (χ1) is 10.4. The van der Waals surface area contributed by atoms with Crippen LogP contribution >= 0.6 is 0 Å². The number of nitrogens with zero attached hydrogens (tertiary/aromatic N) is 3. The van der Waals surface area contributed by atoms with Gasteiger partial charge in [0.2, 0.25) is 5.91 Å². The molecular formula is C13H14F3N3O3. The molecule has 1 saturated heterocycles. The maximum atomic E-state index is 12.4. The quantitative estimate of drug-likeness (QED) is 0.803. The minimum Gasteiger partial charge on any atom is -0.376 e. The van der Waals surface area contributed by atoms with Gasteiger partial charge in [-0.25, -0.2) is 4.98 Å². The number of aromatic nitrogens is 2. The predicted octanol–water partition coefficient (Wildman–Crippen LogP) is 0.652. The highest BCUT2D eigenvalue weighted by atomic mass is 19.4. The SMILES string of the molecule is O=C1C(n2cnc3c(c2=O)COCC3)CCN1CC(F)(F)F. The van der Waals surface area contributed by atoms with Gasteiger partial charge < -0.3 is 9.64 Å². The number of carbonyl (C=O) groups excluding carboxylic acids is 1. The van der Waals surface area contributed by atoms with Gasteiger partial charge in [0.15, 0.2) is 0 Å². The summed E-state index contributed by atoms with van der Waals surface area (Å²) in [4.78, 5) is 29.4. The van der Waals surface area contributed by atoms with Crippen molar-refractivity contribution >= 4 is 5.91 Å². The molecule has 3 rings (SSSR count). The molecular weight excluding hydrogens is 303 g/mol. The minimum absolute atomic E-state index is 0.0248. The number of rotatable bonds is 2. The van der Waals surface area contributed by atoms with Crippen LogP contribution in [0.4, 0.5) is 13.2 Å². The van der Waals surface area contributed by atoms with E-state index in [4.69, 9.17) is 4.74 Å². The van der Waals surface area contributed by atoms with Crippen molar-refractivity contribution < 1.29 is 22.7 Å². The van der Waals surface area contributed by atoms with E-state index in [1.807, 2.05) is 0 Å². The summed E-state index contributed by atoms with van der Waals surface area (Å²) in [5.74, 6) is -0.696. The second-order valence-electron chi connectivity index (χ2n) is 5.36. The molecule has 1 atom stereocenters.